The molecule has 1 aromatic heterocycles. The molecule has 88 valence electrons. The molecule has 2 aromatic rings. The van der Waals surface area contributed by atoms with Crippen molar-refractivity contribution in [2.75, 3.05) is 0 Å². The van der Waals surface area contributed by atoms with Gasteiger partial charge in [0, 0.05) is 16.1 Å². The zero-order valence-electron chi connectivity index (χ0n) is 9.32. The summed E-state index contributed by atoms with van der Waals surface area (Å²) in [7, 11) is 0. The highest BCUT2D eigenvalue weighted by Crippen LogP contribution is 2.28. The molecule has 0 amide bonds. The van der Waals surface area contributed by atoms with E-state index in [-0.39, 0.29) is 5.76 Å². The average Bonchev–Trinajstić information content (AvgIpc) is 2.74. The third kappa shape index (κ3) is 2.24. The van der Waals surface area contributed by atoms with Crippen molar-refractivity contribution in [1.29, 1.82) is 0 Å². The van der Waals surface area contributed by atoms with E-state index in [2.05, 4.69) is 21.1 Å². The molecule has 0 spiro atoms. The Morgan fingerprint density at radius 3 is 2.59 bits per heavy atom. The first kappa shape index (κ1) is 11.9. The molecule has 0 radical (unpaired) electrons. The molecule has 0 unspecified atom stereocenters. The zero-order valence-corrected chi connectivity index (χ0v) is 10.9. The maximum Gasteiger partial charge on any atom is 0.374 e. The van der Waals surface area contributed by atoms with Gasteiger partial charge in [0.25, 0.3) is 0 Å². The third-order valence-electron chi connectivity index (χ3n) is 2.62. The Balaban J connectivity index is 2.49. The summed E-state index contributed by atoms with van der Waals surface area (Å²) in [6.45, 7) is 4.00. The lowest BCUT2D eigenvalue weighted by Crippen LogP contribution is -1.91. The molecular weight excluding hydrogens is 286 g/mol. The Hall–Kier alpha value is -1.62. The lowest BCUT2D eigenvalue weighted by Gasteiger charge is -2.05. The van der Waals surface area contributed by atoms with Gasteiger partial charge in [0.05, 0.1) is 0 Å². The summed E-state index contributed by atoms with van der Waals surface area (Å²) in [6.07, 6.45) is 0. The van der Waals surface area contributed by atoms with Crippen LogP contribution in [0.5, 0.6) is 0 Å². The van der Waals surface area contributed by atoms with Gasteiger partial charge in [0.1, 0.15) is 5.69 Å². The number of hydrogen-bond acceptors (Lipinski definition) is 3. The maximum absolute atomic E-state index is 10.7. The minimum atomic E-state index is -1.12. The minimum Gasteiger partial charge on any atom is -0.475 e. The first-order chi connectivity index (χ1) is 7.99. The van der Waals surface area contributed by atoms with Crippen LogP contribution in [0.25, 0.3) is 11.3 Å². The predicted octanol–water partition coefficient (Wildman–Crippen LogP) is 3.42. The van der Waals surface area contributed by atoms with Crippen LogP contribution in [0.15, 0.2) is 27.2 Å². The molecule has 1 heterocycles. The number of aryl methyl sites for hydroxylation is 1. The Morgan fingerprint density at radius 2 is 2.06 bits per heavy atom. The van der Waals surface area contributed by atoms with E-state index in [4.69, 9.17) is 9.63 Å². The number of rotatable bonds is 2. The van der Waals surface area contributed by atoms with Crippen molar-refractivity contribution in [2.45, 2.75) is 13.8 Å². The van der Waals surface area contributed by atoms with Crippen molar-refractivity contribution in [3.8, 4) is 11.3 Å². The Kier molecular flexibility index (Phi) is 3.02. The van der Waals surface area contributed by atoms with Crippen molar-refractivity contribution in [3.63, 3.8) is 0 Å². The molecule has 0 aliphatic heterocycles. The average molecular weight is 296 g/mol. The number of hydrogen-bond donors (Lipinski definition) is 1. The lowest BCUT2D eigenvalue weighted by atomic mass is 10.0. The molecule has 5 heteroatoms. The van der Waals surface area contributed by atoms with Crippen molar-refractivity contribution in [1.82, 2.24) is 5.16 Å². The molecule has 1 aromatic carbocycles. The Labute approximate surface area is 106 Å². The molecule has 1 N–H and O–H groups in total. The number of aromatic nitrogens is 1. The number of carbonyl (C=O) groups is 1. The monoisotopic (exact) mass is 295 g/mol. The van der Waals surface area contributed by atoms with E-state index in [1.807, 2.05) is 26.0 Å². The van der Waals surface area contributed by atoms with Crippen LogP contribution in [-0.2, 0) is 0 Å². The minimum absolute atomic E-state index is 0.158. The smallest absolute Gasteiger partial charge is 0.374 e. The quantitative estimate of drug-likeness (QED) is 0.922. The predicted molar refractivity (Wildman–Crippen MR) is 66.1 cm³/mol. The highest BCUT2D eigenvalue weighted by atomic mass is 79.9. The van der Waals surface area contributed by atoms with Gasteiger partial charge in [0.2, 0.25) is 5.76 Å². The van der Waals surface area contributed by atoms with E-state index < -0.39 is 5.97 Å². The van der Waals surface area contributed by atoms with Crippen LogP contribution < -0.4 is 0 Å². The molecule has 0 atom stereocenters. The number of aromatic carboxylic acids is 1. The number of carboxylic acid groups (broad SMARTS) is 1. The molecule has 4 nitrogen and oxygen atoms in total. The zero-order chi connectivity index (χ0) is 12.6. The van der Waals surface area contributed by atoms with Crippen molar-refractivity contribution in [3.05, 3.63) is 39.6 Å². The summed E-state index contributed by atoms with van der Waals surface area (Å²) in [4.78, 5) is 10.7. The third-order valence-corrected chi connectivity index (χ3v) is 3.44. The first-order valence-corrected chi connectivity index (χ1v) is 5.75. The second kappa shape index (κ2) is 4.33. The Bertz CT molecular complexity index is 566. The molecular formula is C12H10BrNO3. The van der Waals surface area contributed by atoms with Gasteiger partial charge < -0.3 is 9.63 Å². The highest BCUT2D eigenvalue weighted by molar-refractivity contribution is 9.10. The summed E-state index contributed by atoms with van der Waals surface area (Å²) in [5.41, 5.74) is 3.60. The van der Waals surface area contributed by atoms with E-state index in [1.54, 1.807) is 0 Å². The molecule has 0 fully saturated rings. The molecule has 17 heavy (non-hydrogen) atoms. The van der Waals surface area contributed by atoms with Gasteiger partial charge in [-0.1, -0.05) is 21.1 Å². The standard InChI is InChI=1S/C12H10BrNO3/c1-6-3-8(4-9(13)7(6)2)10-5-11(12(15)16)17-14-10/h3-5H,1-2H3,(H,15,16). The molecule has 0 bridgehead atoms. The van der Waals surface area contributed by atoms with Crippen LogP contribution >= 0.6 is 15.9 Å². The van der Waals surface area contributed by atoms with E-state index in [0.717, 1.165) is 21.2 Å². The fourth-order valence-electron chi connectivity index (χ4n) is 1.48. The lowest BCUT2D eigenvalue weighted by molar-refractivity contribution is 0.0652. The van der Waals surface area contributed by atoms with E-state index in [1.165, 1.54) is 6.07 Å². The van der Waals surface area contributed by atoms with Crippen molar-refractivity contribution in [2.24, 2.45) is 0 Å². The topological polar surface area (TPSA) is 63.3 Å². The summed E-state index contributed by atoms with van der Waals surface area (Å²) in [5.74, 6) is -1.28. The highest BCUT2D eigenvalue weighted by Gasteiger charge is 2.13. The van der Waals surface area contributed by atoms with E-state index >= 15 is 0 Å². The number of carboxylic acids is 1. The molecule has 0 aliphatic carbocycles. The van der Waals surface area contributed by atoms with Crippen LogP contribution in [0.2, 0.25) is 0 Å². The van der Waals surface area contributed by atoms with Crippen molar-refractivity contribution >= 4 is 21.9 Å². The molecule has 0 saturated heterocycles. The number of nitrogens with zero attached hydrogens (tertiary/aromatic N) is 1. The molecule has 0 aliphatic rings. The SMILES string of the molecule is Cc1cc(-c2cc(C(=O)O)on2)cc(Br)c1C. The van der Waals surface area contributed by atoms with Crippen LogP contribution in [0, 0.1) is 13.8 Å². The van der Waals surface area contributed by atoms with Crippen LogP contribution in [-0.4, -0.2) is 16.2 Å². The van der Waals surface area contributed by atoms with Crippen LogP contribution in [0.3, 0.4) is 0 Å². The van der Waals surface area contributed by atoms with Gasteiger partial charge in [-0.2, -0.15) is 0 Å². The van der Waals surface area contributed by atoms with Gasteiger partial charge in [-0.3, -0.25) is 0 Å². The Morgan fingerprint density at radius 1 is 1.35 bits per heavy atom. The van der Waals surface area contributed by atoms with Gasteiger partial charge in [-0.15, -0.1) is 0 Å². The number of benzene rings is 1. The fraction of sp³-hybridized carbons (Fsp3) is 0.167. The molecule has 2 rings (SSSR count). The summed E-state index contributed by atoms with van der Waals surface area (Å²) >= 11 is 3.46. The van der Waals surface area contributed by atoms with E-state index in [9.17, 15) is 4.79 Å². The fourth-order valence-corrected chi connectivity index (χ4v) is 2.04. The normalized spacial score (nSPS) is 10.5. The van der Waals surface area contributed by atoms with Crippen LogP contribution in [0.1, 0.15) is 21.7 Å². The summed E-state index contributed by atoms with van der Waals surface area (Å²) in [5, 5.41) is 12.5. The first-order valence-electron chi connectivity index (χ1n) is 4.96. The summed E-state index contributed by atoms with van der Waals surface area (Å²) in [6, 6.07) is 5.26. The van der Waals surface area contributed by atoms with Gasteiger partial charge >= 0.3 is 5.97 Å². The van der Waals surface area contributed by atoms with Crippen molar-refractivity contribution < 1.29 is 14.4 Å². The van der Waals surface area contributed by atoms with Gasteiger partial charge in [-0.25, -0.2) is 4.79 Å². The molecule has 0 saturated carbocycles. The van der Waals surface area contributed by atoms with Gasteiger partial charge in [0.15, 0.2) is 0 Å². The summed E-state index contributed by atoms with van der Waals surface area (Å²) < 4.78 is 5.69. The van der Waals surface area contributed by atoms with E-state index in [0.29, 0.717) is 5.69 Å². The maximum atomic E-state index is 10.7. The number of halogens is 1. The van der Waals surface area contributed by atoms with Gasteiger partial charge in [-0.05, 0) is 37.1 Å². The largest absolute Gasteiger partial charge is 0.475 e. The second-order valence-corrected chi connectivity index (χ2v) is 4.64. The van der Waals surface area contributed by atoms with Crippen LogP contribution in [0.4, 0.5) is 0 Å². The second-order valence-electron chi connectivity index (χ2n) is 3.78.